The standard InChI is InChI=1S/C19H13NO2/c1-12-9-15-11-17-14(7-8-18(21)22-17)10-16(15)20-19(12)13-5-3-2-4-6-13/h2-11H,1H3. The molecule has 3 heteroatoms. The normalized spacial score (nSPS) is 11.1. The van der Waals surface area contributed by atoms with Crippen LogP contribution in [-0.4, -0.2) is 4.98 Å². The van der Waals surface area contributed by atoms with Crippen molar-refractivity contribution in [1.82, 2.24) is 4.98 Å². The third-order valence-corrected chi connectivity index (χ3v) is 3.79. The summed E-state index contributed by atoms with van der Waals surface area (Å²) in [4.78, 5) is 16.1. The van der Waals surface area contributed by atoms with E-state index in [4.69, 9.17) is 9.40 Å². The molecule has 22 heavy (non-hydrogen) atoms. The Labute approximate surface area is 126 Å². The third kappa shape index (κ3) is 2.07. The Hall–Kier alpha value is -2.94. The van der Waals surface area contributed by atoms with Crippen molar-refractivity contribution in [3.63, 3.8) is 0 Å². The highest BCUT2D eigenvalue weighted by molar-refractivity contribution is 5.95. The van der Waals surface area contributed by atoms with Crippen LogP contribution in [0.15, 0.2) is 69.9 Å². The lowest BCUT2D eigenvalue weighted by molar-refractivity contribution is 0.561. The van der Waals surface area contributed by atoms with Crippen molar-refractivity contribution >= 4 is 21.9 Å². The van der Waals surface area contributed by atoms with E-state index in [1.54, 1.807) is 6.07 Å². The molecule has 2 aromatic heterocycles. The first-order chi connectivity index (χ1) is 10.7. The summed E-state index contributed by atoms with van der Waals surface area (Å²) in [7, 11) is 0. The van der Waals surface area contributed by atoms with Crippen LogP contribution in [0.3, 0.4) is 0 Å². The van der Waals surface area contributed by atoms with Gasteiger partial charge in [-0.05, 0) is 36.8 Å². The van der Waals surface area contributed by atoms with Gasteiger partial charge in [0.15, 0.2) is 0 Å². The fourth-order valence-electron chi connectivity index (χ4n) is 2.73. The molecule has 2 aromatic carbocycles. The molecule has 0 amide bonds. The van der Waals surface area contributed by atoms with E-state index in [-0.39, 0.29) is 5.63 Å². The van der Waals surface area contributed by atoms with Gasteiger partial charge in [-0.3, -0.25) is 0 Å². The van der Waals surface area contributed by atoms with Crippen molar-refractivity contribution in [2.24, 2.45) is 0 Å². The number of fused-ring (bicyclic) bond motifs is 2. The molecule has 4 aromatic rings. The molecule has 3 nitrogen and oxygen atoms in total. The van der Waals surface area contributed by atoms with Crippen molar-refractivity contribution in [2.45, 2.75) is 6.92 Å². The van der Waals surface area contributed by atoms with E-state index in [2.05, 4.69) is 18.2 Å². The van der Waals surface area contributed by atoms with E-state index in [1.807, 2.05) is 37.3 Å². The number of benzene rings is 2. The minimum atomic E-state index is -0.336. The topological polar surface area (TPSA) is 43.1 Å². The Balaban J connectivity index is 2.02. The molecule has 2 heterocycles. The zero-order valence-corrected chi connectivity index (χ0v) is 12.0. The van der Waals surface area contributed by atoms with Crippen LogP contribution in [0, 0.1) is 6.92 Å². The van der Waals surface area contributed by atoms with Gasteiger partial charge in [0.25, 0.3) is 0 Å². The Kier molecular flexibility index (Phi) is 2.79. The van der Waals surface area contributed by atoms with E-state index in [1.165, 1.54) is 6.07 Å². The summed E-state index contributed by atoms with van der Waals surface area (Å²) in [6, 6.07) is 19.2. The fourth-order valence-corrected chi connectivity index (χ4v) is 2.73. The molecule has 0 fully saturated rings. The Morgan fingerprint density at radius 2 is 1.73 bits per heavy atom. The van der Waals surface area contributed by atoms with Crippen LogP contribution < -0.4 is 5.63 Å². The maximum absolute atomic E-state index is 11.3. The van der Waals surface area contributed by atoms with Gasteiger partial charge in [-0.2, -0.15) is 0 Å². The van der Waals surface area contributed by atoms with Gasteiger partial charge in [0.2, 0.25) is 0 Å². The van der Waals surface area contributed by atoms with Crippen LogP contribution in [0.25, 0.3) is 33.1 Å². The smallest absolute Gasteiger partial charge is 0.336 e. The second-order valence-corrected chi connectivity index (χ2v) is 5.36. The summed E-state index contributed by atoms with van der Waals surface area (Å²) >= 11 is 0. The highest BCUT2D eigenvalue weighted by Crippen LogP contribution is 2.27. The van der Waals surface area contributed by atoms with Gasteiger partial charge in [0.1, 0.15) is 5.58 Å². The molecule has 106 valence electrons. The number of aromatic nitrogens is 1. The summed E-state index contributed by atoms with van der Waals surface area (Å²) in [5.74, 6) is 0. The quantitative estimate of drug-likeness (QED) is 0.387. The molecule has 0 atom stereocenters. The number of rotatable bonds is 1. The molecule has 0 aliphatic carbocycles. The van der Waals surface area contributed by atoms with Crippen LogP contribution in [0.4, 0.5) is 0 Å². The number of pyridine rings is 1. The van der Waals surface area contributed by atoms with Crippen molar-refractivity contribution in [2.75, 3.05) is 0 Å². The van der Waals surface area contributed by atoms with Crippen LogP contribution in [0.1, 0.15) is 5.56 Å². The third-order valence-electron chi connectivity index (χ3n) is 3.79. The van der Waals surface area contributed by atoms with Gasteiger partial charge >= 0.3 is 5.63 Å². The zero-order valence-electron chi connectivity index (χ0n) is 12.0. The summed E-state index contributed by atoms with van der Waals surface area (Å²) in [6.45, 7) is 2.04. The van der Waals surface area contributed by atoms with Gasteiger partial charge in [-0.1, -0.05) is 30.3 Å². The Morgan fingerprint density at radius 3 is 2.55 bits per heavy atom. The van der Waals surface area contributed by atoms with Crippen LogP contribution in [0.2, 0.25) is 0 Å². The zero-order chi connectivity index (χ0) is 15.1. The maximum Gasteiger partial charge on any atom is 0.336 e. The molecular formula is C19H13NO2. The summed E-state index contributed by atoms with van der Waals surface area (Å²) in [5.41, 5.74) is 4.32. The van der Waals surface area contributed by atoms with Crippen molar-refractivity contribution in [3.8, 4) is 11.3 Å². The van der Waals surface area contributed by atoms with Gasteiger partial charge < -0.3 is 4.42 Å². The monoisotopic (exact) mass is 287 g/mol. The first-order valence-corrected chi connectivity index (χ1v) is 7.11. The predicted molar refractivity (Wildman–Crippen MR) is 88.0 cm³/mol. The van der Waals surface area contributed by atoms with Gasteiger partial charge in [0, 0.05) is 22.4 Å². The second kappa shape index (κ2) is 4.81. The molecule has 0 N–H and O–H groups in total. The average molecular weight is 287 g/mol. The van der Waals surface area contributed by atoms with E-state index in [0.29, 0.717) is 5.58 Å². The molecule has 0 saturated heterocycles. The molecule has 0 radical (unpaired) electrons. The summed E-state index contributed by atoms with van der Waals surface area (Å²) in [6.07, 6.45) is 0. The van der Waals surface area contributed by atoms with E-state index in [9.17, 15) is 4.79 Å². The number of nitrogens with zero attached hydrogens (tertiary/aromatic N) is 1. The number of aryl methyl sites for hydroxylation is 1. The highest BCUT2D eigenvalue weighted by atomic mass is 16.4. The minimum absolute atomic E-state index is 0.336. The first-order valence-electron chi connectivity index (χ1n) is 7.11. The molecule has 0 spiro atoms. The lowest BCUT2D eigenvalue weighted by Gasteiger charge is -2.08. The highest BCUT2D eigenvalue weighted by Gasteiger charge is 2.08. The average Bonchev–Trinajstić information content (AvgIpc) is 2.53. The molecule has 4 rings (SSSR count). The van der Waals surface area contributed by atoms with Crippen molar-refractivity contribution in [1.29, 1.82) is 0 Å². The fraction of sp³-hybridized carbons (Fsp3) is 0.0526. The SMILES string of the molecule is Cc1cc2cc3oc(=O)ccc3cc2nc1-c1ccccc1. The van der Waals surface area contributed by atoms with E-state index < -0.39 is 0 Å². The lowest BCUT2D eigenvalue weighted by atomic mass is 10.0. The van der Waals surface area contributed by atoms with E-state index in [0.717, 1.165) is 33.1 Å². The molecule has 0 bridgehead atoms. The Bertz CT molecular complexity index is 1050. The minimum Gasteiger partial charge on any atom is -0.423 e. The molecule has 0 saturated carbocycles. The molecule has 0 aliphatic heterocycles. The lowest BCUT2D eigenvalue weighted by Crippen LogP contribution is -1.95. The molecule has 0 unspecified atom stereocenters. The van der Waals surface area contributed by atoms with Gasteiger partial charge in [0.05, 0.1) is 11.2 Å². The largest absolute Gasteiger partial charge is 0.423 e. The molecular weight excluding hydrogens is 274 g/mol. The van der Waals surface area contributed by atoms with Crippen LogP contribution >= 0.6 is 0 Å². The van der Waals surface area contributed by atoms with Crippen LogP contribution in [-0.2, 0) is 0 Å². The second-order valence-electron chi connectivity index (χ2n) is 5.36. The van der Waals surface area contributed by atoms with Crippen LogP contribution in [0.5, 0.6) is 0 Å². The number of hydrogen-bond donors (Lipinski definition) is 0. The van der Waals surface area contributed by atoms with Crippen molar-refractivity contribution < 1.29 is 4.42 Å². The number of hydrogen-bond acceptors (Lipinski definition) is 3. The maximum atomic E-state index is 11.3. The predicted octanol–water partition coefficient (Wildman–Crippen LogP) is 4.32. The molecule has 0 aliphatic rings. The van der Waals surface area contributed by atoms with Gasteiger partial charge in [-0.15, -0.1) is 0 Å². The summed E-state index contributed by atoms with van der Waals surface area (Å²) < 4.78 is 5.24. The van der Waals surface area contributed by atoms with E-state index >= 15 is 0 Å². The first kappa shape index (κ1) is 12.8. The summed E-state index contributed by atoms with van der Waals surface area (Å²) in [5, 5.41) is 1.85. The Morgan fingerprint density at radius 1 is 0.909 bits per heavy atom. The van der Waals surface area contributed by atoms with Crippen molar-refractivity contribution in [3.05, 3.63) is 76.6 Å². The van der Waals surface area contributed by atoms with Gasteiger partial charge in [-0.25, -0.2) is 9.78 Å².